The Hall–Kier alpha value is -1.22. The second-order valence-corrected chi connectivity index (χ2v) is 6.95. The maximum Gasteiger partial charge on any atom is 0.127 e. The van der Waals surface area contributed by atoms with Gasteiger partial charge in [0.2, 0.25) is 0 Å². The third-order valence-electron chi connectivity index (χ3n) is 4.60. The average Bonchev–Trinajstić information content (AvgIpc) is 2.45. The van der Waals surface area contributed by atoms with Gasteiger partial charge in [-0.1, -0.05) is 26.3 Å². The molecule has 118 valence electrons. The molecule has 1 saturated carbocycles. The predicted octanol–water partition coefficient (Wildman–Crippen LogP) is 4.32. The fraction of sp³-hybridized carbons (Fsp3) is 0.667. The van der Waals surface area contributed by atoms with Crippen molar-refractivity contribution in [2.75, 3.05) is 14.2 Å². The number of methoxy groups -OCH3 is 2. The fourth-order valence-corrected chi connectivity index (χ4v) is 3.46. The maximum atomic E-state index is 5.52. The molecule has 0 radical (unpaired) electrons. The Bertz CT molecular complexity index is 470. The molecule has 0 saturated heterocycles. The molecule has 0 aromatic heterocycles. The van der Waals surface area contributed by atoms with Gasteiger partial charge in [-0.15, -0.1) is 0 Å². The van der Waals surface area contributed by atoms with E-state index in [1.54, 1.807) is 14.2 Å². The molecule has 0 aliphatic heterocycles. The van der Waals surface area contributed by atoms with Gasteiger partial charge in [-0.3, -0.25) is 0 Å². The molecule has 0 heterocycles. The number of hydrogen-bond acceptors (Lipinski definition) is 3. The van der Waals surface area contributed by atoms with Gasteiger partial charge in [0, 0.05) is 23.7 Å². The standard InChI is InChI=1S/C18H29NO2/c1-13(19-14-7-6-10-18(2,3)12-14)16-9-8-15(20-4)11-17(16)21-5/h8-9,11,13-14,19H,6-7,10,12H2,1-5H3. The molecule has 1 aromatic carbocycles. The van der Waals surface area contributed by atoms with Crippen LogP contribution in [0.2, 0.25) is 0 Å². The van der Waals surface area contributed by atoms with Gasteiger partial charge >= 0.3 is 0 Å². The lowest BCUT2D eigenvalue weighted by atomic mass is 9.75. The molecular formula is C18H29NO2. The SMILES string of the molecule is COc1ccc(C(C)NC2CCCC(C)(C)C2)c(OC)c1. The highest BCUT2D eigenvalue weighted by Gasteiger charge is 2.29. The molecule has 3 nitrogen and oxygen atoms in total. The quantitative estimate of drug-likeness (QED) is 0.876. The molecule has 2 unspecified atom stereocenters. The molecule has 1 aliphatic carbocycles. The van der Waals surface area contributed by atoms with Crippen molar-refractivity contribution in [2.45, 2.75) is 58.5 Å². The van der Waals surface area contributed by atoms with E-state index in [9.17, 15) is 0 Å². The van der Waals surface area contributed by atoms with E-state index in [2.05, 4.69) is 32.2 Å². The van der Waals surface area contributed by atoms with Crippen molar-refractivity contribution in [3.05, 3.63) is 23.8 Å². The summed E-state index contributed by atoms with van der Waals surface area (Å²) in [5.74, 6) is 1.73. The van der Waals surface area contributed by atoms with Gasteiger partial charge in [-0.05, 0) is 37.7 Å². The Labute approximate surface area is 129 Å². The monoisotopic (exact) mass is 291 g/mol. The van der Waals surface area contributed by atoms with Crippen molar-refractivity contribution in [3.8, 4) is 11.5 Å². The van der Waals surface area contributed by atoms with Crippen LogP contribution >= 0.6 is 0 Å². The van der Waals surface area contributed by atoms with Crippen LogP contribution in [0.5, 0.6) is 11.5 Å². The van der Waals surface area contributed by atoms with Crippen molar-refractivity contribution in [3.63, 3.8) is 0 Å². The van der Waals surface area contributed by atoms with Crippen molar-refractivity contribution in [1.82, 2.24) is 5.32 Å². The molecule has 1 aliphatic rings. The van der Waals surface area contributed by atoms with E-state index in [4.69, 9.17) is 9.47 Å². The summed E-state index contributed by atoms with van der Waals surface area (Å²) in [5, 5.41) is 3.78. The number of nitrogens with one attached hydrogen (secondary N) is 1. The zero-order chi connectivity index (χ0) is 15.5. The predicted molar refractivity (Wildman–Crippen MR) is 87.1 cm³/mol. The van der Waals surface area contributed by atoms with Crippen LogP contribution in [-0.4, -0.2) is 20.3 Å². The Kier molecular flexibility index (Phi) is 5.15. The van der Waals surface area contributed by atoms with Gasteiger partial charge in [0.1, 0.15) is 11.5 Å². The second kappa shape index (κ2) is 6.69. The van der Waals surface area contributed by atoms with Gasteiger partial charge < -0.3 is 14.8 Å². The topological polar surface area (TPSA) is 30.5 Å². The number of benzene rings is 1. The first-order valence-electron chi connectivity index (χ1n) is 7.93. The number of hydrogen-bond donors (Lipinski definition) is 1. The smallest absolute Gasteiger partial charge is 0.127 e. The highest BCUT2D eigenvalue weighted by molar-refractivity contribution is 5.42. The molecule has 2 rings (SSSR count). The van der Waals surface area contributed by atoms with Gasteiger partial charge in [0.05, 0.1) is 14.2 Å². The molecule has 1 fully saturated rings. The van der Waals surface area contributed by atoms with Gasteiger partial charge in [-0.25, -0.2) is 0 Å². The molecule has 1 aromatic rings. The van der Waals surface area contributed by atoms with E-state index in [-0.39, 0.29) is 6.04 Å². The van der Waals surface area contributed by atoms with E-state index in [0.717, 1.165) is 11.5 Å². The zero-order valence-electron chi connectivity index (χ0n) is 14.0. The molecular weight excluding hydrogens is 262 g/mol. The third kappa shape index (κ3) is 4.13. The summed E-state index contributed by atoms with van der Waals surface area (Å²) >= 11 is 0. The van der Waals surface area contributed by atoms with Crippen molar-refractivity contribution >= 4 is 0 Å². The first-order chi connectivity index (χ1) is 9.95. The largest absolute Gasteiger partial charge is 0.497 e. The Morgan fingerprint density at radius 2 is 2.00 bits per heavy atom. The van der Waals surface area contributed by atoms with E-state index in [1.165, 1.54) is 31.2 Å². The van der Waals surface area contributed by atoms with E-state index >= 15 is 0 Å². The number of ether oxygens (including phenoxy) is 2. The highest BCUT2D eigenvalue weighted by Crippen LogP contribution is 2.37. The third-order valence-corrected chi connectivity index (χ3v) is 4.60. The summed E-state index contributed by atoms with van der Waals surface area (Å²) in [7, 11) is 3.40. The summed E-state index contributed by atoms with van der Waals surface area (Å²) in [6.07, 6.45) is 5.17. The first kappa shape index (κ1) is 16.2. The lowest BCUT2D eigenvalue weighted by molar-refractivity contribution is 0.190. The first-order valence-corrected chi connectivity index (χ1v) is 7.93. The fourth-order valence-electron chi connectivity index (χ4n) is 3.46. The molecule has 21 heavy (non-hydrogen) atoms. The van der Waals surface area contributed by atoms with E-state index < -0.39 is 0 Å². The normalized spacial score (nSPS) is 22.6. The van der Waals surface area contributed by atoms with Crippen LogP contribution in [0.3, 0.4) is 0 Å². The molecule has 2 atom stereocenters. The van der Waals surface area contributed by atoms with Crippen molar-refractivity contribution in [1.29, 1.82) is 0 Å². The van der Waals surface area contributed by atoms with E-state index in [0.29, 0.717) is 11.5 Å². The minimum absolute atomic E-state index is 0.282. The Morgan fingerprint density at radius 3 is 2.62 bits per heavy atom. The van der Waals surface area contributed by atoms with Crippen LogP contribution in [-0.2, 0) is 0 Å². The summed E-state index contributed by atoms with van der Waals surface area (Å²) < 4.78 is 10.8. The van der Waals surface area contributed by atoms with Crippen LogP contribution in [0.25, 0.3) is 0 Å². The highest BCUT2D eigenvalue weighted by atomic mass is 16.5. The molecule has 0 spiro atoms. The van der Waals surface area contributed by atoms with Gasteiger partial charge in [-0.2, -0.15) is 0 Å². The van der Waals surface area contributed by atoms with Gasteiger partial charge in [0.15, 0.2) is 0 Å². The molecule has 0 amide bonds. The van der Waals surface area contributed by atoms with Crippen LogP contribution < -0.4 is 14.8 Å². The van der Waals surface area contributed by atoms with Crippen LogP contribution in [0.4, 0.5) is 0 Å². The average molecular weight is 291 g/mol. The van der Waals surface area contributed by atoms with Crippen LogP contribution in [0.1, 0.15) is 58.1 Å². The number of rotatable bonds is 5. The lowest BCUT2D eigenvalue weighted by Crippen LogP contribution is -2.38. The van der Waals surface area contributed by atoms with Crippen LogP contribution in [0.15, 0.2) is 18.2 Å². The zero-order valence-corrected chi connectivity index (χ0v) is 14.0. The molecule has 3 heteroatoms. The Balaban J connectivity index is 2.07. The summed E-state index contributed by atoms with van der Waals surface area (Å²) in [5.41, 5.74) is 1.65. The maximum absolute atomic E-state index is 5.52. The van der Waals surface area contributed by atoms with E-state index in [1.807, 2.05) is 12.1 Å². The summed E-state index contributed by atoms with van der Waals surface area (Å²) in [6, 6.07) is 6.93. The van der Waals surface area contributed by atoms with Crippen molar-refractivity contribution in [2.24, 2.45) is 5.41 Å². The summed E-state index contributed by atoms with van der Waals surface area (Å²) in [6.45, 7) is 6.96. The van der Waals surface area contributed by atoms with Gasteiger partial charge in [0.25, 0.3) is 0 Å². The molecule has 0 bridgehead atoms. The second-order valence-electron chi connectivity index (χ2n) is 6.95. The van der Waals surface area contributed by atoms with Crippen molar-refractivity contribution < 1.29 is 9.47 Å². The summed E-state index contributed by atoms with van der Waals surface area (Å²) in [4.78, 5) is 0. The lowest BCUT2D eigenvalue weighted by Gasteiger charge is -2.37. The molecule has 1 N–H and O–H groups in total. The van der Waals surface area contributed by atoms with Crippen LogP contribution in [0, 0.1) is 5.41 Å². The minimum atomic E-state index is 0.282. The Morgan fingerprint density at radius 1 is 1.24 bits per heavy atom. The minimum Gasteiger partial charge on any atom is -0.497 e.